The highest BCUT2D eigenvalue weighted by atomic mass is 16.2. The molecular weight excluding hydrogens is 252 g/mol. The van der Waals surface area contributed by atoms with Crippen LogP contribution in [0.5, 0.6) is 0 Å². The summed E-state index contributed by atoms with van der Waals surface area (Å²) in [5.74, 6) is 0.183. The summed E-state index contributed by atoms with van der Waals surface area (Å²) >= 11 is 0. The number of nitrogens with one attached hydrogen (secondary N) is 1. The Kier molecular flexibility index (Phi) is 3.46. The van der Waals surface area contributed by atoms with Crippen molar-refractivity contribution in [2.24, 2.45) is 5.41 Å². The zero-order valence-corrected chi connectivity index (χ0v) is 12.2. The fourth-order valence-electron chi connectivity index (χ4n) is 3.42. The molecular formula is C15H22N4O. The summed E-state index contributed by atoms with van der Waals surface area (Å²) in [7, 11) is 0. The quantitative estimate of drug-likeness (QED) is 0.910. The minimum Gasteiger partial charge on any atom is -0.340 e. The van der Waals surface area contributed by atoms with Crippen molar-refractivity contribution in [3.8, 4) is 0 Å². The van der Waals surface area contributed by atoms with E-state index in [9.17, 15) is 4.79 Å². The van der Waals surface area contributed by atoms with Crippen LogP contribution in [-0.2, 0) is 11.3 Å². The SMILES string of the molecule is CCC1(CC)CCN(C(=O)[C@@H]2NCc3ncncc32)C1. The molecule has 0 aliphatic carbocycles. The molecule has 0 aromatic carbocycles. The molecule has 5 nitrogen and oxygen atoms in total. The van der Waals surface area contributed by atoms with Crippen LogP contribution in [0.2, 0.25) is 0 Å². The highest BCUT2D eigenvalue weighted by Crippen LogP contribution is 2.38. The van der Waals surface area contributed by atoms with Crippen molar-refractivity contribution in [1.82, 2.24) is 20.2 Å². The summed E-state index contributed by atoms with van der Waals surface area (Å²) in [6.07, 6.45) is 6.73. The summed E-state index contributed by atoms with van der Waals surface area (Å²) in [5.41, 5.74) is 2.22. The molecule has 2 aliphatic heterocycles. The highest BCUT2D eigenvalue weighted by molar-refractivity contribution is 5.84. The molecule has 108 valence electrons. The average molecular weight is 274 g/mol. The predicted molar refractivity (Wildman–Crippen MR) is 75.8 cm³/mol. The van der Waals surface area contributed by atoms with E-state index in [0.29, 0.717) is 12.0 Å². The molecule has 1 saturated heterocycles. The minimum atomic E-state index is -0.254. The topological polar surface area (TPSA) is 58.1 Å². The number of carbonyl (C=O) groups excluding carboxylic acids is 1. The normalized spacial score (nSPS) is 23.9. The van der Waals surface area contributed by atoms with Gasteiger partial charge in [-0.2, -0.15) is 0 Å². The molecule has 1 atom stereocenters. The van der Waals surface area contributed by atoms with Crippen LogP contribution in [0.3, 0.4) is 0 Å². The van der Waals surface area contributed by atoms with Crippen LogP contribution in [0.25, 0.3) is 0 Å². The molecule has 0 bridgehead atoms. The number of likely N-dealkylation sites (tertiary alicyclic amines) is 1. The lowest BCUT2D eigenvalue weighted by Gasteiger charge is -2.27. The fourth-order valence-corrected chi connectivity index (χ4v) is 3.42. The molecule has 1 aromatic rings. The molecule has 0 spiro atoms. The van der Waals surface area contributed by atoms with E-state index >= 15 is 0 Å². The molecule has 1 N–H and O–H groups in total. The number of rotatable bonds is 3. The Balaban J connectivity index is 1.76. The van der Waals surface area contributed by atoms with Crippen LogP contribution in [0.15, 0.2) is 12.5 Å². The highest BCUT2D eigenvalue weighted by Gasteiger charge is 2.40. The molecule has 0 unspecified atom stereocenters. The van der Waals surface area contributed by atoms with Gasteiger partial charge in [-0.15, -0.1) is 0 Å². The van der Waals surface area contributed by atoms with Crippen molar-refractivity contribution in [3.05, 3.63) is 23.8 Å². The standard InChI is InChI=1S/C15H22N4O/c1-3-15(4-2)5-6-19(9-15)14(20)13-11-7-16-10-18-12(11)8-17-13/h7,10,13,17H,3-6,8-9H2,1-2H3/t13-/m1/s1. The van der Waals surface area contributed by atoms with Crippen LogP contribution < -0.4 is 5.32 Å². The van der Waals surface area contributed by atoms with Gasteiger partial charge in [0.05, 0.1) is 5.69 Å². The maximum atomic E-state index is 12.7. The van der Waals surface area contributed by atoms with Gasteiger partial charge >= 0.3 is 0 Å². The number of hydrogen-bond donors (Lipinski definition) is 1. The number of amides is 1. The number of aromatic nitrogens is 2. The fraction of sp³-hybridized carbons (Fsp3) is 0.667. The summed E-state index contributed by atoms with van der Waals surface area (Å²) in [5, 5.41) is 3.27. The predicted octanol–water partition coefficient (Wildman–Crippen LogP) is 1.66. The van der Waals surface area contributed by atoms with Crippen molar-refractivity contribution in [2.45, 2.75) is 45.7 Å². The van der Waals surface area contributed by atoms with Crippen LogP contribution in [0.4, 0.5) is 0 Å². The van der Waals surface area contributed by atoms with E-state index in [1.807, 2.05) is 4.90 Å². The minimum absolute atomic E-state index is 0.183. The van der Waals surface area contributed by atoms with Gasteiger partial charge in [-0.3, -0.25) is 10.1 Å². The Labute approximate surface area is 119 Å². The van der Waals surface area contributed by atoms with Crippen molar-refractivity contribution < 1.29 is 4.79 Å². The molecule has 0 radical (unpaired) electrons. The van der Waals surface area contributed by atoms with Gasteiger partial charge in [-0.1, -0.05) is 13.8 Å². The Hall–Kier alpha value is -1.49. The van der Waals surface area contributed by atoms with Gasteiger partial charge in [0.25, 0.3) is 0 Å². The van der Waals surface area contributed by atoms with E-state index in [2.05, 4.69) is 29.1 Å². The molecule has 20 heavy (non-hydrogen) atoms. The van der Waals surface area contributed by atoms with E-state index in [0.717, 1.165) is 43.6 Å². The first kappa shape index (κ1) is 13.5. The molecule has 1 amide bonds. The summed E-state index contributed by atoms with van der Waals surface area (Å²) in [4.78, 5) is 23.0. The lowest BCUT2D eigenvalue weighted by atomic mass is 9.82. The summed E-state index contributed by atoms with van der Waals surface area (Å²) in [6.45, 7) is 6.89. The maximum absolute atomic E-state index is 12.7. The largest absolute Gasteiger partial charge is 0.340 e. The van der Waals surface area contributed by atoms with Crippen molar-refractivity contribution in [1.29, 1.82) is 0 Å². The molecule has 0 saturated carbocycles. The van der Waals surface area contributed by atoms with E-state index in [1.165, 1.54) is 0 Å². The lowest BCUT2D eigenvalue weighted by Crippen LogP contribution is -2.38. The maximum Gasteiger partial charge on any atom is 0.244 e. The summed E-state index contributed by atoms with van der Waals surface area (Å²) < 4.78 is 0. The first-order chi connectivity index (χ1) is 9.69. The molecule has 1 aromatic heterocycles. The van der Waals surface area contributed by atoms with E-state index in [-0.39, 0.29) is 11.9 Å². The summed E-state index contributed by atoms with van der Waals surface area (Å²) in [6, 6.07) is -0.254. The zero-order chi connectivity index (χ0) is 14.2. The van der Waals surface area contributed by atoms with Gasteiger partial charge in [0.2, 0.25) is 5.91 Å². The van der Waals surface area contributed by atoms with Gasteiger partial charge in [0, 0.05) is 31.4 Å². The van der Waals surface area contributed by atoms with Gasteiger partial charge in [0.15, 0.2) is 0 Å². The van der Waals surface area contributed by atoms with Crippen LogP contribution >= 0.6 is 0 Å². The third-order valence-electron chi connectivity index (χ3n) is 5.11. The molecule has 2 aliphatic rings. The Bertz CT molecular complexity index is 512. The van der Waals surface area contributed by atoms with E-state index < -0.39 is 0 Å². The second-order valence-corrected chi connectivity index (χ2v) is 5.96. The van der Waals surface area contributed by atoms with Crippen molar-refractivity contribution in [3.63, 3.8) is 0 Å². The van der Waals surface area contributed by atoms with Crippen LogP contribution in [0.1, 0.15) is 50.4 Å². The second-order valence-electron chi connectivity index (χ2n) is 5.96. The first-order valence-corrected chi connectivity index (χ1v) is 7.50. The first-order valence-electron chi connectivity index (χ1n) is 7.50. The Morgan fingerprint density at radius 2 is 2.30 bits per heavy atom. The van der Waals surface area contributed by atoms with Crippen LogP contribution in [-0.4, -0.2) is 33.9 Å². The third kappa shape index (κ3) is 2.10. The van der Waals surface area contributed by atoms with Gasteiger partial charge < -0.3 is 4.90 Å². The average Bonchev–Trinajstić information content (AvgIpc) is 3.11. The number of hydrogen-bond acceptors (Lipinski definition) is 4. The van der Waals surface area contributed by atoms with Crippen molar-refractivity contribution >= 4 is 5.91 Å². The number of nitrogens with zero attached hydrogens (tertiary/aromatic N) is 3. The third-order valence-corrected chi connectivity index (χ3v) is 5.11. The van der Waals surface area contributed by atoms with Gasteiger partial charge in [-0.25, -0.2) is 9.97 Å². The van der Waals surface area contributed by atoms with Crippen molar-refractivity contribution in [2.75, 3.05) is 13.1 Å². The van der Waals surface area contributed by atoms with Gasteiger partial charge in [-0.05, 0) is 24.7 Å². The monoisotopic (exact) mass is 274 g/mol. The second kappa shape index (κ2) is 5.13. The molecule has 3 rings (SSSR count). The van der Waals surface area contributed by atoms with E-state index in [1.54, 1.807) is 12.5 Å². The Morgan fingerprint density at radius 3 is 3.00 bits per heavy atom. The Morgan fingerprint density at radius 1 is 1.50 bits per heavy atom. The zero-order valence-electron chi connectivity index (χ0n) is 12.2. The molecule has 5 heteroatoms. The number of fused-ring (bicyclic) bond motifs is 1. The number of carbonyl (C=O) groups is 1. The molecule has 3 heterocycles. The van der Waals surface area contributed by atoms with Crippen LogP contribution in [0, 0.1) is 5.41 Å². The molecule has 1 fully saturated rings. The van der Waals surface area contributed by atoms with Gasteiger partial charge in [0.1, 0.15) is 12.4 Å². The van der Waals surface area contributed by atoms with E-state index in [4.69, 9.17) is 0 Å². The lowest BCUT2D eigenvalue weighted by molar-refractivity contribution is -0.132. The smallest absolute Gasteiger partial charge is 0.244 e.